The van der Waals surface area contributed by atoms with E-state index in [0.717, 1.165) is 16.7 Å². The topological polar surface area (TPSA) is 66.4 Å². The van der Waals surface area contributed by atoms with Crippen LogP contribution in [0, 0.1) is 6.92 Å². The predicted molar refractivity (Wildman–Crippen MR) is 121 cm³/mol. The summed E-state index contributed by atoms with van der Waals surface area (Å²) in [6.45, 7) is 2.10. The number of nitrogens with one attached hydrogen (secondary N) is 1. The number of aliphatic hydroxyl groups excluding tert-OH is 1. The molecule has 4 nitrogen and oxygen atoms in total. The monoisotopic (exact) mass is 421 g/mol. The van der Waals surface area contributed by atoms with Crippen molar-refractivity contribution in [3.8, 4) is 0 Å². The molecule has 0 saturated heterocycles. The fourth-order valence-electron chi connectivity index (χ4n) is 3.27. The highest BCUT2D eigenvalue weighted by Gasteiger charge is 2.16. The first kappa shape index (κ1) is 22.0. The molecule has 3 rings (SSSR count). The van der Waals surface area contributed by atoms with E-state index in [2.05, 4.69) is 4.72 Å². The zero-order valence-electron chi connectivity index (χ0n) is 17.0. The van der Waals surface area contributed by atoms with E-state index < -0.39 is 16.1 Å². The van der Waals surface area contributed by atoms with E-state index in [1.807, 2.05) is 73.7 Å². The van der Waals surface area contributed by atoms with E-state index in [9.17, 15) is 13.5 Å². The van der Waals surface area contributed by atoms with E-state index in [1.54, 1.807) is 30.3 Å². The van der Waals surface area contributed by atoms with Crippen molar-refractivity contribution in [2.24, 2.45) is 0 Å². The molecule has 0 aliphatic carbocycles. The number of benzene rings is 3. The number of hydrogen-bond acceptors (Lipinski definition) is 3. The molecule has 0 heterocycles. The van der Waals surface area contributed by atoms with Crippen LogP contribution in [0.25, 0.3) is 0 Å². The average Bonchev–Trinajstić information content (AvgIpc) is 2.77. The van der Waals surface area contributed by atoms with Crippen LogP contribution in [0.3, 0.4) is 0 Å². The summed E-state index contributed by atoms with van der Waals surface area (Å²) in [6.07, 6.45) is 3.67. The molecule has 3 aromatic rings. The molecule has 0 saturated carbocycles. The Morgan fingerprint density at radius 3 is 2.03 bits per heavy atom. The zero-order valence-corrected chi connectivity index (χ0v) is 17.8. The average molecular weight is 422 g/mol. The molecule has 3 aromatic carbocycles. The van der Waals surface area contributed by atoms with Crippen LogP contribution in [0.2, 0.25) is 0 Å². The highest BCUT2D eigenvalue weighted by Crippen LogP contribution is 2.29. The largest absolute Gasteiger partial charge is 0.388 e. The lowest BCUT2D eigenvalue weighted by Gasteiger charge is -2.18. The molecule has 0 spiro atoms. The second-order valence-electron chi connectivity index (χ2n) is 7.27. The van der Waals surface area contributed by atoms with Crippen molar-refractivity contribution in [3.63, 3.8) is 0 Å². The number of aliphatic hydroxyl groups is 1. The zero-order chi connectivity index (χ0) is 21.4. The molecule has 0 radical (unpaired) electrons. The van der Waals surface area contributed by atoms with Gasteiger partial charge in [-0.2, -0.15) is 0 Å². The third-order valence-electron chi connectivity index (χ3n) is 4.98. The molecule has 0 unspecified atom stereocenters. The molecule has 0 amide bonds. The van der Waals surface area contributed by atoms with Crippen LogP contribution < -0.4 is 4.72 Å². The van der Waals surface area contributed by atoms with Gasteiger partial charge in [-0.25, -0.2) is 13.1 Å². The SMILES string of the molecule is Cc1ccc(S(=O)(=O)NC/C=C/[C@@H](C[C@@H](O)c2ccccc2)c2ccccc2)cc1. The molecule has 30 heavy (non-hydrogen) atoms. The second-order valence-corrected chi connectivity index (χ2v) is 9.04. The summed E-state index contributed by atoms with van der Waals surface area (Å²) in [5.74, 6) is -0.0368. The van der Waals surface area contributed by atoms with Gasteiger partial charge in [-0.3, -0.25) is 0 Å². The Morgan fingerprint density at radius 1 is 0.867 bits per heavy atom. The predicted octanol–water partition coefficient (Wildman–Crippen LogP) is 4.74. The van der Waals surface area contributed by atoms with Gasteiger partial charge in [0.1, 0.15) is 0 Å². The molecule has 0 aliphatic rings. The molecular formula is C25H27NO3S. The number of allylic oxidation sites excluding steroid dienone is 1. The number of rotatable bonds is 9. The van der Waals surface area contributed by atoms with Gasteiger partial charge in [0, 0.05) is 12.5 Å². The molecule has 156 valence electrons. The molecule has 2 atom stereocenters. The van der Waals surface area contributed by atoms with Crippen LogP contribution in [0.15, 0.2) is 102 Å². The van der Waals surface area contributed by atoms with E-state index in [0.29, 0.717) is 6.42 Å². The van der Waals surface area contributed by atoms with Crippen molar-refractivity contribution >= 4 is 10.0 Å². The maximum absolute atomic E-state index is 12.4. The summed E-state index contributed by atoms with van der Waals surface area (Å²) in [7, 11) is -3.56. The Bertz CT molecular complexity index is 1050. The standard InChI is InChI=1S/C25H27NO3S/c1-20-14-16-24(17-15-20)30(28,29)26-18-8-13-23(21-9-4-2-5-10-21)19-25(27)22-11-6-3-7-12-22/h2-17,23,25-27H,18-19H2,1H3/b13-8+/t23-,25+/m0/s1. The van der Waals surface area contributed by atoms with Gasteiger partial charge in [-0.05, 0) is 36.6 Å². The third-order valence-corrected chi connectivity index (χ3v) is 6.42. The van der Waals surface area contributed by atoms with Crippen LogP contribution in [0.1, 0.15) is 35.1 Å². The summed E-state index contributed by atoms with van der Waals surface area (Å²) < 4.78 is 27.5. The van der Waals surface area contributed by atoms with Crippen LogP contribution in [-0.2, 0) is 10.0 Å². The molecule has 0 fully saturated rings. The lowest BCUT2D eigenvalue weighted by molar-refractivity contribution is 0.163. The van der Waals surface area contributed by atoms with Gasteiger partial charge < -0.3 is 5.11 Å². The van der Waals surface area contributed by atoms with Crippen molar-refractivity contribution < 1.29 is 13.5 Å². The van der Waals surface area contributed by atoms with E-state index in [-0.39, 0.29) is 17.4 Å². The Morgan fingerprint density at radius 2 is 1.43 bits per heavy atom. The van der Waals surface area contributed by atoms with Crippen molar-refractivity contribution in [2.45, 2.75) is 30.3 Å². The van der Waals surface area contributed by atoms with Gasteiger partial charge in [-0.15, -0.1) is 0 Å². The molecule has 0 aromatic heterocycles. The quantitative estimate of drug-likeness (QED) is 0.491. The molecule has 2 N–H and O–H groups in total. The van der Waals surface area contributed by atoms with Gasteiger partial charge >= 0.3 is 0 Å². The first-order valence-corrected chi connectivity index (χ1v) is 11.4. The molecule has 5 heteroatoms. The van der Waals surface area contributed by atoms with Crippen LogP contribution in [0.4, 0.5) is 0 Å². The van der Waals surface area contributed by atoms with Gasteiger partial charge in [0.05, 0.1) is 11.0 Å². The van der Waals surface area contributed by atoms with Gasteiger partial charge in [0.25, 0.3) is 0 Å². The Balaban J connectivity index is 1.68. The smallest absolute Gasteiger partial charge is 0.240 e. The van der Waals surface area contributed by atoms with E-state index >= 15 is 0 Å². The highest BCUT2D eigenvalue weighted by atomic mass is 32.2. The van der Waals surface area contributed by atoms with Gasteiger partial charge in [0.15, 0.2) is 0 Å². The van der Waals surface area contributed by atoms with Crippen molar-refractivity contribution in [2.75, 3.05) is 6.54 Å². The lowest BCUT2D eigenvalue weighted by Crippen LogP contribution is -2.23. The van der Waals surface area contributed by atoms with Crippen molar-refractivity contribution in [1.29, 1.82) is 0 Å². The fourth-order valence-corrected chi connectivity index (χ4v) is 4.25. The molecular weight excluding hydrogens is 394 g/mol. The van der Waals surface area contributed by atoms with E-state index in [1.165, 1.54) is 0 Å². The van der Waals surface area contributed by atoms with Gasteiger partial charge in [-0.1, -0.05) is 90.5 Å². The normalized spacial score (nSPS) is 13.9. The number of sulfonamides is 1. The minimum absolute atomic E-state index is 0.0368. The third kappa shape index (κ3) is 6.13. The Hall–Kier alpha value is -2.73. The van der Waals surface area contributed by atoms with Crippen molar-refractivity contribution in [1.82, 2.24) is 4.72 Å². The van der Waals surface area contributed by atoms with Crippen LogP contribution in [0.5, 0.6) is 0 Å². The Kier molecular flexibility index (Phi) is 7.57. The minimum atomic E-state index is -3.56. The lowest BCUT2D eigenvalue weighted by atomic mass is 9.90. The minimum Gasteiger partial charge on any atom is -0.388 e. The number of hydrogen-bond donors (Lipinski definition) is 2. The van der Waals surface area contributed by atoms with Crippen LogP contribution in [-0.4, -0.2) is 20.1 Å². The second kappa shape index (κ2) is 10.3. The summed E-state index contributed by atoms with van der Waals surface area (Å²) in [4.78, 5) is 0.251. The number of aryl methyl sites for hydroxylation is 1. The van der Waals surface area contributed by atoms with Gasteiger partial charge in [0.2, 0.25) is 10.0 Å². The molecule has 0 aliphatic heterocycles. The first-order valence-electron chi connectivity index (χ1n) is 9.96. The fraction of sp³-hybridized carbons (Fsp3) is 0.200. The first-order chi connectivity index (χ1) is 14.5. The molecule has 0 bridgehead atoms. The van der Waals surface area contributed by atoms with Crippen LogP contribution >= 0.6 is 0 Å². The summed E-state index contributed by atoms with van der Waals surface area (Å²) in [5.41, 5.74) is 2.95. The van der Waals surface area contributed by atoms with Crippen molar-refractivity contribution in [3.05, 3.63) is 114 Å². The maximum Gasteiger partial charge on any atom is 0.240 e. The summed E-state index contributed by atoms with van der Waals surface area (Å²) in [5, 5.41) is 10.7. The Labute approximate surface area is 179 Å². The van der Waals surface area contributed by atoms with E-state index in [4.69, 9.17) is 0 Å². The maximum atomic E-state index is 12.4. The highest BCUT2D eigenvalue weighted by molar-refractivity contribution is 7.89. The summed E-state index contributed by atoms with van der Waals surface area (Å²) in [6, 6.07) is 26.2. The summed E-state index contributed by atoms with van der Waals surface area (Å²) >= 11 is 0.